The van der Waals surface area contributed by atoms with Crippen molar-refractivity contribution in [2.24, 2.45) is 7.05 Å². The quantitative estimate of drug-likeness (QED) is 0.107. The number of amides is 1. The molecule has 0 unspecified atom stereocenters. The third-order valence-electron chi connectivity index (χ3n) is 4.98. The summed E-state index contributed by atoms with van der Waals surface area (Å²) in [6, 6.07) is 6.74. The van der Waals surface area contributed by atoms with E-state index in [1.54, 1.807) is 48.4 Å². The number of aldehydes is 1. The van der Waals surface area contributed by atoms with Gasteiger partial charge in [-0.15, -0.1) is 0 Å². The van der Waals surface area contributed by atoms with Gasteiger partial charge in [0, 0.05) is 30.6 Å². The van der Waals surface area contributed by atoms with Crippen LogP contribution in [0.25, 0.3) is 11.0 Å². The minimum atomic E-state index is -0.584. The molecule has 190 valence electrons. The fourth-order valence-corrected chi connectivity index (χ4v) is 3.88. The zero-order valence-corrected chi connectivity index (χ0v) is 21.7. The maximum absolute atomic E-state index is 14.7. The van der Waals surface area contributed by atoms with Crippen LogP contribution in [0.1, 0.15) is 42.5 Å². The lowest BCUT2D eigenvalue weighted by Crippen LogP contribution is -2.17. The Hall–Kier alpha value is -2.57. The molecule has 2 aromatic carbocycles. The number of unbranched alkanes of at least 4 members (excludes halogenated alkanes) is 3. The lowest BCUT2D eigenvalue weighted by Gasteiger charge is -2.12. The highest BCUT2D eigenvalue weighted by Gasteiger charge is 2.17. The van der Waals surface area contributed by atoms with Crippen LogP contribution in [-0.4, -0.2) is 40.6 Å². The molecular formula is C23H28BrClFN5O4. The fraction of sp³-hybridized carbons (Fsp3) is 0.348. The van der Waals surface area contributed by atoms with Crippen molar-refractivity contribution in [2.75, 3.05) is 19.0 Å². The molecular weight excluding hydrogens is 545 g/mol. The molecule has 1 amide bonds. The fourth-order valence-electron chi connectivity index (χ4n) is 3.16. The first kappa shape index (κ1) is 28.7. The van der Waals surface area contributed by atoms with E-state index in [0.29, 0.717) is 35.5 Å². The topological polar surface area (TPSA) is 118 Å². The zero-order chi connectivity index (χ0) is 25.8. The second-order valence-electron chi connectivity index (χ2n) is 7.50. The smallest absolute Gasteiger partial charge is 0.243 e. The largest absolute Gasteiger partial charge is 0.351 e. The molecule has 0 radical (unpaired) electrons. The average molecular weight is 573 g/mol. The third-order valence-corrected chi connectivity index (χ3v) is 5.78. The Labute approximate surface area is 216 Å². The van der Waals surface area contributed by atoms with Crippen LogP contribution in [-0.2, 0) is 16.7 Å². The molecule has 4 N–H and O–H groups in total. The Kier molecular flexibility index (Phi) is 12.1. The molecule has 3 rings (SSSR count). The van der Waals surface area contributed by atoms with Crippen LogP contribution in [0.5, 0.6) is 0 Å². The van der Waals surface area contributed by atoms with Crippen molar-refractivity contribution in [1.82, 2.24) is 20.5 Å². The van der Waals surface area contributed by atoms with Crippen LogP contribution in [0.15, 0.2) is 35.1 Å². The summed E-state index contributed by atoms with van der Waals surface area (Å²) in [6.07, 6.45) is 6.32. The van der Waals surface area contributed by atoms with Crippen LogP contribution < -0.4 is 16.3 Å². The number of nitrogens with zero attached hydrogens (tertiary/aromatic N) is 2. The van der Waals surface area contributed by atoms with E-state index in [1.807, 2.05) is 0 Å². The first-order chi connectivity index (χ1) is 16.8. The SMILES string of the molecule is CNOCCCCCCC(=O)NO.Cn1cnc2c(F)c(Nc3ccc(Br)cc3Cl)c(C=O)cc21. The molecule has 0 saturated heterocycles. The van der Waals surface area contributed by atoms with Crippen LogP contribution >= 0.6 is 27.5 Å². The molecule has 9 nitrogen and oxygen atoms in total. The highest BCUT2D eigenvalue weighted by Crippen LogP contribution is 2.33. The van der Waals surface area contributed by atoms with Crippen molar-refractivity contribution in [3.05, 3.63) is 51.5 Å². The van der Waals surface area contributed by atoms with Gasteiger partial charge in [-0.2, -0.15) is 0 Å². The molecule has 0 aliphatic heterocycles. The molecule has 35 heavy (non-hydrogen) atoms. The van der Waals surface area contributed by atoms with Crippen molar-refractivity contribution in [2.45, 2.75) is 32.1 Å². The van der Waals surface area contributed by atoms with Crippen LogP contribution in [0.3, 0.4) is 0 Å². The number of aryl methyl sites for hydroxylation is 1. The number of halogens is 3. The number of rotatable bonds is 11. The Morgan fingerprint density at radius 2 is 2.03 bits per heavy atom. The number of hydroxylamine groups is 2. The molecule has 1 heterocycles. The Morgan fingerprint density at radius 1 is 1.29 bits per heavy atom. The summed E-state index contributed by atoms with van der Waals surface area (Å²) in [5, 5.41) is 11.5. The van der Waals surface area contributed by atoms with Crippen LogP contribution in [0, 0.1) is 5.82 Å². The average Bonchev–Trinajstić information content (AvgIpc) is 3.22. The van der Waals surface area contributed by atoms with E-state index in [2.05, 4.69) is 31.7 Å². The van der Waals surface area contributed by atoms with Gasteiger partial charge in [0.15, 0.2) is 12.1 Å². The number of benzene rings is 2. The number of carbonyl (C=O) groups is 2. The number of anilines is 2. The van der Waals surface area contributed by atoms with Crippen molar-refractivity contribution >= 4 is 62.1 Å². The minimum Gasteiger partial charge on any atom is -0.351 e. The standard InChI is InChI=1S/C15H10BrClFN3O.C8H18N2O3/c1-21-7-19-15-12(21)4-8(6-22)14(13(15)18)20-11-3-2-9(16)5-10(11)17;1-9-13-7-5-3-2-4-6-8(11)10-12/h2-7,20H,1H3;9,12H,2-7H2,1H3,(H,10,11). The summed E-state index contributed by atoms with van der Waals surface area (Å²) in [7, 11) is 3.47. The lowest BCUT2D eigenvalue weighted by atomic mass is 10.1. The van der Waals surface area contributed by atoms with Gasteiger partial charge in [-0.05, 0) is 37.1 Å². The number of aromatic nitrogens is 2. The second kappa shape index (κ2) is 14.7. The van der Waals surface area contributed by atoms with E-state index in [9.17, 15) is 14.0 Å². The molecule has 0 bridgehead atoms. The Balaban J connectivity index is 0.000000287. The summed E-state index contributed by atoms with van der Waals surface area (Å²) in [5.74, 6) is -0.898. The first-order valence-corrected chi connectivity index (χ1v) is 12.0. The maximum atomic E-state index is 14.7. The van der Waals surface area contributed by atoms with E-state index < -0.39 is 5.82 Å². The predicted octanol–water partition coefficient (Wildman–Crippen LogP) is 5.28. The van der Waals surface area contributed by atoms with E-state index in [-0.39, 0.29) is 22.7 Å². The highest BCUT2D eigenvalue weighted by atomic mass is 79.9. The van der Waals surface area contributed by atoms with Crippen LogP contribution in [0.2, 0.25) is 5.02 Å². The van der Waals surface area contributed by atoms with E-state index in [0.717, 1.165) is 30.2 Å². The van der Waals surface area contributed by atoms with Crippen LogP contribution in [0.4, 0.5) is 15.8 Å². The molecule has 0 aliphatic rings. The van der Waals surface area contributed by atoms with Gasteiger partial charge in [0.05, 0.1) is 34.8 Å². The van der Waals surface area contributed by atoms with Crippen molar-refractivity contribution in [1.29, 1.82) is 0 Å². The highest BCUT2D eigenvalue weighted by molar-refractivity contribution is 9.10. The van der Waals surface area contributed by atoms with Crippen molar-refractivity contribution in [3.8, 4) is 0 Å². The van der Waals surface area contributed by atoms with E-state index in [1.165, 1.54) is 6.33 Å². The molecule has 0 aliphatic carbocycles. The molecule has 0 saturated carbocycles. The van der Waals surface area contributed by atoms with E-state index >= 15 is 0 Å². The van der Waals surface area contributed by atoms with Gasteiger partial charge in [-0.3, -0.25) is 14.8 Å². The molecule has 0 atom stereocenters. The van der Waals surface area contributed by atoms with E-state index in [4.69, 9.17) is 21.6 Å². The zero-order valence-electron chi connectivity index (χ0n) is 19.4. The summed E-state index contributed by atoms with van der Waals surface area (Å²) in [5.41, 5.74) is 5.70. The maximum Gasteiger partial charge on any atom is 0.243 e. The summed E-state index contributed by atoms with van der Waals surface area (Å²) in [4.78, 5) is 30.8. The van der Waals surface area contributed by atoms with Gasteiger partial charge in [0.2, 0.25) is 5.91 Å². The Bertz CT molecular complexity index is 1140. The Morgan fingerprint density at radius 3 is 2.69 bits per heavy atom. The molecule has 12 heteroatoms. The summed E-state index contributed by atoms with van der Waals surface area (Å²) < 4.78 is 17.1. The first-order valence-electron chi connectivity index (χ1n) is 10.8. The van der Waals surface area contributed by atoms with Gasteiger partial charge in [-0.1, -0.05) is 40.4 Å². The van der Waals surface area contributed by atoms with Gasteiger partial charge in [-0.25, -0.2) is 20.3 Å². The third kappa shape index (κ3) is 8.55. The normalized spacial score (nSPS) is 10.6. The number of hydrogen-bond acceptors (Lipinski definition) is 7. The molecule has 0 spiro atoms. The monoisotopic (exact) mass is 571 g/mol. The summed E-state index contributed by atoms with van der Waals surface area (Å²) in [6.45, 7) is 0.697. The predicted molar refractivity (Wildman–Crippen MR) is 137 cm³/mol. The van der Waals surface area contributed by atoms with Gasteiger partial charge < -0.3 is 14.7 Å². The van der Waals surface area contributed by atoms with Gasteiger partial charge in [0.25, 0.3) is 0 Å². The number of imidazole rings is 1. The summed E-state index contributed by atoms with van der Waals surface area (Å²) >= 11 is 9.43. The molecule has 0 fully saturated rings. The number of nitrogens with one attached hydrogen (secondary N) is 3. The van der Waals surface area contributed by atoms with Crippen molar-refractivity contribution in [3.63, 3.8) is 0 Å². The van der Waals surface area contributed by atoms with Gasteiger partial charge in [0.1, 0.15) is 5.52 Å². The number of carbonyl (C=O) groups excluding carboxylic acids is 2. The molecule has 3 aromatic rings. The lowest BCUT2D eigenvalue weighted by molar-refractivity contribution is -0.129. The number of hydrogen-bond donors (Lipinski definition) is 4. The second-order valence-corrected chi connectivity index (χ2v) is 8.82. The molecule has 1 aromatic heterocycles. The number of fused-ring (bicyclic) bond motifs is 1. The van der Waals surface area contributed by atoms with Crippen molar-refractivity contribution < 1.29 is 24.0 Å². The van der Waals surface area contributed by atoms with Gasteiger partial charge >= 0.3 is 0 Å². The minimum absolute atomic E-state index is 0.0606.